The molecule has 108 valence electrons. The van der Waals surface area contributed by atoms with E-state index in [4.69, 9.17) is 5.11 Å². The Morgan fingerprint density at radius 3 is 2.68 bits per heavy atom. The maximum atomic E-state index is 12.1. The molecule has 0 aliphatic rings. The Kier molecular flexibility index (Phi) is 7.27. The van der Waals surface area contributed by atoms with E-state index in [0.29, 0.717) is 17.4 Å². The second-order valence-electron chi connectivity index (χ2n) is 4.14. The number of rotatable bonds is 8. The summed E-state index contributed by atoms with van der Waals surface area (Å²) in [6, 6.07) is 5.25. The summed E-state index contributed by atoms with van der Waals surface area (Å²) in [4.78, 5) is 0. The third kappa shape index (κ3) is 5.84. The molecule has 1 atom stereocenters. The highest BCUT2D eigenvalue weighted by atomic mass is 79.9. The number of halogens is 3. The van der Waals surface area contributed by atoms with Gasteiger partial charge in [0.1, 0.15) is 5.75 Å². The zero-order valence-electron chi connectivity index (χ0n) is 10.7. The minimum atomic E-state index is -2.82. The van der Waals surface area contributed by atoms with Crippen molar-refractivity contribution in [3.63, 3.8) is 0 Å². The smallest absolute Gasteiger partial charge is 0.387 e. The first-order valence-electron chi connectivity index (χ1n) is 6.14. The molecule has 1 aromatic carbocycles. The highest BCUT2D eigenvalue weighted by Crippen LogP contribution is 2.27. The van der Waals surface area contributed by atoms with Gasteiger partial charge in [0.15, 0.2) is 0 Å². The monoisotopic (exact) mass is 337 g/mol. The number of nitrogens with one attached hydrogen (secondary N) is 1. The Morgan fingerprint density at radius 1 is 1.42 bits per heavy atom. The summed E-state index contributed by atoms with van der Waals surface area (Å²) >= 11 is 3.20. The largest absolute Gasteiger partial charge is 0.434 e. The molecule has 0 aromatic heterocycles. The van der Waals surface area contributed by atoms with Gasteiger partial charge in [-0.05, 0) is 46.5 Å². The van der Waals surface area contributed by atoms with Crippen molar-refractivity contribution in [3.05, 3.63) is 28.2 Å². The van der Waals surface area contributed by atoms with Gasteiger partial charge in [0.25, 0.3) is 0 Å². The van der Waals surface area contributed by atoms with Gasteiger partial charge < -0.3 is 15.2 Å². The molecule has 1 unspecified atom stereocenters. The summed E-state index contributed by atoms with van der Waals surface area (Å²) in [5.41, 5.74) is 0.963. The van der Waals surface area contributed by atoms with Crippen LogP contribution in [0.15, 0.2) is 22.7 Å². The molecule has 1 aromatic rings. The molecule has 0 heterocycles. The molecule has 3 nitrogen and oxygen atoms in total. The number of ether oxygens (including phenoxy) is 1. The second kappa shape index (κ2) is 8.45. The van der Waals surface area contributed by atoms with Gasteiger partial charge in [-0.25, -0.2) is 0 Å². The molecular weight excluding hydrogens is 320 g/mol. The number of hydrogen-bond acceptors (Lipinski definition) is 3. The lowest BCUT2D eigenvalue weighted by molar-refractivity contribution is -0.0503. The summed E-state index contributed by atoms with van der Waals surface area (Å²) < 4.78 is 29.1. The van der Waals surface area contributed by atoms with E-state index >= 15 is 0 Å². The first-order chi connectivity index (χ1) is 9.06. The fraction of sp³-hybridized carbons (Fsp3) is 0.538. The maximum Gasteiger partial charge on any atom is 0.387 e. The van der Waals surface area contributed by atoms with Gasteiger partial charge in [-0.2, -0.15) is 8.78 Å². The summed E-state index contributed by atoms with van der Waals surface area (Å²) in [7, 11) is 0. The van der Waals surface area contributed by atoms with E-state index in [9.17, 15) is 8.78 Å². The summed E-state index contributed by atoms with van der Waals surface area (Å²) in [6.07, 6.45) is 1.62. The minimum Gasteiger partial charge on any atom is -0.434 e. The predicted molar refractivity (Wildman–Crippen MR) is 73.4 cm³/mol. The Labute approximate surface area is 120 Å². The Bertz CT molecular complexity index is 391. The van der Waals surface area contributed by atoms with Gasteiger partial charge in [0, 0.05) is 19.2 Å². The Balaban J connectivity index is 2.58. The number of aliphatic hydroxyl groups excluding tert-OH is 1. The Morgan fingerprint density at radius 2 is 2.16 bits per heavy atom. The van der Waals surface area contributed by atoms with Crippen LogP contribution in [0, 0.1) is 0 Å². The predicted octanol–water partition coefficient (Wildman–Crippen LogP) is 3.30. The summed E-state index contributed by atoms with van der Waals surface area (Å²) in [5.74, 6) is 0.126. The Hall–Kier alpha value is -0.720. The van der Waals surface area contributed by atoms with Crippen molar-refractivity contribution in [1.29, 1.82) is 0 Å². The fourth-order valence-electron chi connectivity index (χ4n) is 1.71. The van der Waals surface area contributed by atoms with Crippen LogP contribution >= 0.6 is 15.9 Å². The zero-order valence-corrected chi connectivity index (χ0v) is 12.3. The first-order valence-corrected chi connectivity index (χ1v) is 6.93. The quantitative estimate of drug-likeness (QED) is 0.764. The normalized spacial score (nSPS) is 12.7. The van der Waals surface area contributed by atoms with Crippen LogP contribution in [-0.2, 0) is 6.54 Å². The van der Waals surface area contributed by atoms with Crippen molar-refractivity contribution in [2.24, 2.45) is 0 Å². The lowest BCUT2D eigenvalue weighted by Gasteiger charge is -2.16. The SMILES string of the molecule is CCC(CCO)NCc1ccc(OC(F)F)c(Br)c1. The lowest BCUT2D eigenvalue weighted by Crippen LogP contribution is -2.28. The minimum absolute atomic E-state index is 0.126. The van der Waals surface area contributed by atoms with Crippen LogP contribution in [0.3, 0.4) is 0 Å². The molecule has 0 amide bonds. The second-order valence-corrected chi connectivity index (χ2v) is 5.00. The van der Waals surface area contributed by atoms with Crippen molar-refractivity contribution in [3.8, 4) is 5.75 Å². The molecule has 0 radical (unpaired) electrons. The van der Waals surface area contributed by atoms with Gasteiger partial charge in [0.2, 0.25) is 0 Å². The van der Waals surface area contributed by atoms with Crippen molar-refractivity contribution in [2.75, 3.05) is 6.61 Å². The number of alkyl halides is 2. The van der Waals surface area contributed by atoms with Crippen LogP contribution < -0.4 is 10.1 Å². The molecule has 19 heavy (non-hydrogen) atoms. The van der Waals surface area contributed by atoms with E-state index in [2.05, 4.69) is 26.0 Å². The van der Waals surface area contributed by atoms with Crippen molar-refractivity contribution >= 4 is 15.9 Å². The highest BCUT2D eigenvalue weighted by molar-refractivity contribution is 9.10. The zero-order chi connectivity index (χ0) is 14.3. The van der Waals surface area contributed by atoms with Crippen LogP contribution in [0.2, 0.25) is 0 Å². The average Bonchev–Trinajstić information content (AvgIpc) is 2.37. The molecule has 0 aliphatic heterocycles. The van der Waals surface area contributed by atoms with Crippen LogP contribution in [-0.4, -0.2) is 24.4 Å². The molecule has 0 saturated carbocycles. The third-order valence-electron chi connectivity index (χ3n) is 2.78. The van der Waals surface area contributed by atoms with Crippen LogP contribution in [0.4, 0.5) is 8.78 Å². The summed E-state index contributed by atoms with van der Waals surface area (Å²) in [5, 5.41) is 12.2. The van der Waals surface area contributed by atoms with E-state index in [1.807, 2.05) is 6.92 Å². The van der Waals surface area contributed by atoms with E-state index in [0.717, 1.165) is 12.0 Å². The lowest BCUT2D eigenvalue weighted by atomic mass is 10.1. The van der Waals surface area contributed by atoms with E-state index in [-0.39, 0.29) is 18.4 Å². The number of benzene rings is 1. The molecule has 0 aliphatic carbocycles. The van der Waals surface area contributed by atoms with E-state index < -0.39 is 6.61 Å². The van der Waals surface area contributed by atoms with Gasteiger partial charge in [-0.3, -0.25) is 0 Å². The third-order valence-corrected chi connectivity index (χ3v) is 3.40. The van der Waals surface area contributed by atoms with Crippen LogP contribution in [0.25, 0.3) is 0 Å². The van der Waals surface area contributed by atoms with Gasteiger partial charge in [0.05, 0.1) is 4.47 Å². The molecular formula is C13H18BrF2NO2. The molecule has 6 heteroatoms. The first kappa shape index (κ1) is 16.3. The summed E-state index contributed by atoms with van der Waals surface area (Å²) in [6.45, 7) is -0.0140. The number of hydrogen-bond donors (Lipinski definition) is 2. The molecule has 0 fully saturated rings. The van der Waals surface area contributed by atoms with Crippen LogP contribution in [0.1, 0.15) is 25.3 Å². The molecule has 0 bridgehead atoms. The maximum absolute atomic E-state index is 12.1. The van der Waals surface area contributed by atoms with E-state index in [1.54, 1.807) is 12.1 Å². The van der Waals surface area contributed by atoms with Gasteiger partial charge in [-0.1, -0.05) is 13.0 Å². The molecule has 0 spiro atoms. The van der Waals surface area contributed by atoms with E-state index in [1.165, 1.54) is 6.07 Å². The molecule has 0 saturated heterocycles. The topological polar surface area (TPSA) is 41.5 Å². The van der Waals surface area contributed by atoms with Crippen molar-refractivity contribution in [2.45, 2.75) is 39.0 Å². The fourth-order valence-corrected chi connectivity index (χ4v) is 2.23. The van der Waals surface area contributed by atoms with Crippen molar-refractivity contribution < 1.29 is 18.6 Å². The molecule has 1 rings (SSSR count). The van der Waals surface area contributed by atoms with Gasteiger partial charge in [-0.15, -0.1) is 0 Å². The van der Waals surface area contributed by atoms with Crippen molar-refractivity contribution in [1.82, 2.24) is 5.32 Å². The molecule has 2 N–H and O–H groups in total. The van der Waals surface area contributed by atoms with Crippen LogP contribution in [0.5, 0.6) is 5.75 Å². The highest BCUT2D eigenvalue weighted by Gasteiger charge is 2.09. The van der Waals surface area contributed by atoms with Gasteiger partial charge >= 0.3 is 6.61 Å². The standard InChI is InChI=1S/C13H18BrF2NO2/c1-2-10(5-6-18)17-8-9-3-4-12(11(14)7-9)19-13(15)16/h3-4,7,10,13,17-18H,2,5-6,8H2,1H3. The number of aliphatic hydroxyl groups is 1. The average molecular weight is 338 g/mol.